The Balaban J connectivity index is 2.79. The second kappa shape index (κ2) is 9.03. The molecule has 0 N–H and O–H groups in total. The molecule has 0 aliphatic heterocycles. The van der Waals surface area contributed by atoms with Crippen molar-refractivity contribution in [2.24, 2.45) is 0 Å². The van der Waals surface area contributed by atoms with Crippen molar-refractivity contribution in [3.8, 4) is 0 Å². The predicted molar refractivity (Wildman–Crippen MR) is 111 cm³/mol. The molecule has 0 saturated carbocycles. The van der Waals surface area contributed by atoms with Crippen LogP contribution in [0, 0.1) is 0 Å². The van der Waals surface area contributed by atoms with Crippen LogP contribution in [0.5, 0.6) is 0 Å². The lowest BCUT2D eigenvalue weighted by molar-refractivity contribution is 0.524. The first-order valence-corrected chi connectivity index (χ1v) is 8.83. The second-order valence-corrected chi connectivity index (χ2v) is 6.36. The second-order valence-electron chi connectivity index (χ2n) is 6.36. The van der Waals surface area contributed by atoms with Gasteiger partial charge >= 0.3 is 0 Å². The molecule has 0 atom stereocenters. The fourth-order valence-electron chi connectivity index (χ4n) is 3.76. The van der Waals surface area contributed by atoms with Crippen LogP contribution in [0.25, 0.3) is 0 Å². The van der Waals surface area contributed by atoms with Gasteiger partial charge in [0.05, 0.1) is 0 Å². The maximum Gasteiger partial charge on any atom is 0.0274 e. The van der Waals surface area contributed by atoms with Gasteiger partial charge in [0.25, 0.3) is 0 Å². The van der Waals surface area contributed by atoms with E-state index in [1.165, 1.54) is 22.3 Å². The SMILES string of the molecule is C=CCc1cccc(C(CC=C)(CC=C)c2ccccc2)c1CC=C. The smallest absolute Gasteiger partial charge is 0.0274 e. The average molecular weight is 328 g/mol. The summed E-state index contributed by atoms with van der Waals surface area (Å²) in [4.78, 5) is 0. The van der Waals surface area contributed by atoms with Crippen molar-refractivity contribution in [1.29, 1.82) is 0 Å². The Bertz CT molecular complexity index is 724. The molecule has 0 aromatic heterocycles. The summed E-state index contributed by atoms with van der Waals surface area (Å²) in [6, 6.07) is 17.3. The minimum Gasteiger partial charge on any atom is -0.103 e. The van der Waals surface area contributed by atoms with Gasteiger partial charge in [0.1, 0.15) is 0 Å². The molecule has 0 saturated heterocycles. The summed E-state index contributed by atoms with van der Waals surface area (Å²) in [6.45, 7) is 16.0. The average Bonchev–Trinajstić information content (AvgIpc) is 2.64. The Morgan fingerprint density at radius 1 is 0.680 bits per heavy atom. The summed E-state index contributed by atoms with van der Waals surface area (Å²) in [5.74, 6) is 0. The van der Waals surface area contributed by atoms with E-state index in [-0.39, 0.29) is 5.41 Å². The molecule has 0 aliphatic rings. The quantitative estimate of drug-likeness (QED) is 0.432. The Labute approximate surface area is 152 Å². The molecule has 0 spiro atoms. The van der Waals surface area contributed by atoms with Gasteiger partial charge in [0, 0.05) is 5.41 Å². The zero-order valence-electron chi connectivity index (χ0n) is 15.1. The van der Waals surface area contributed by atoms with Crippen LogP contribution in [0.3, 0.4) is 0 Å². The lowest BCUT2D eigenvalue weighted by atomic mass is 9.67. The Kier molecular flexibility index (Phi) is 6.77. The highest BCUT2D eigenvalue weighted by Crippen LogP contribution is 2.42. The van der Waals surface area contributed by atoms with Crippen LogP contribution in [0.4, 0.5) is 0 Å². The van der Waals surface area contributed by atoms with E-state index >= 15 is 0 Å². The van der Waals surface area contributed by atoms with Gasteiger partial charge in [-0.1, -0.05) is 72.8 Å². The maximum atomic E-state index is 4.04. The summed E-state index contributed by atoms with van der Waals surface area (Å²) in [5, 5.41) is 0. The van der Waals surface area contributed by atoms with Crippen molar-refractivity contribution in [3.05, 3.63) is 121 Å². The number of rotatable bonds is 10. The summed E-state index contributed by atoms with van der Waals surface area (Å²) < 4.78 is 0. The van der Waals surface area contributed by atoms with Crippen molar-refractivity contribution in [1.82, 2.24) is 0 Å². The third-order valence-electron chi connectivity index (χ3n) is 4.81. The molecule has 0 amide bonds. The van der Waals surface area contributed by atoms with Crippen molar-refractivity contribution in [3.63, 3.8) is 0 Å². The standard InChI is InChI=1S/C25H28/c1-5-13-21-15-12-18-24(23(21)14-6-2)25(19-7-3,20-8-4)22-16-10-9-11-17-22/h5-12,15-18H,1-4,13-14,19-20H2. The molecular weight excluding hydrogens is 300 g/mol. The lowest BCUT2D eigenvalue weighted by Crippen LogP contribution is -2.28. The van der Waals surface area contributed by atoms with Crippen LogP contribution in [0.1, 0.15) is 35.1 Å². The van der Waals surface area contributed by atoms with E-state index in [0.717, 1.165) is 25.7 Å². The molecule has 2 aromatic rings. The highest BCUT2D eigenvalue weighted by atomic mass is 14.4. The van der Waals surface area contributed by atoms with Gasteiger partial charge in [-0.15, -0.1) is 26.3 Å². The number of hydrogen-bond donors (Lipinski definition) is 0. The monoisotopic (exact) mass is 328 g/mol. The predicted octanol–water partition coefficient (Wildman–Crippen LogP) is 6.58. The van der Waals surface area contributed by atoms with Gasteiger partial charge in [-0.2, -0.15) is 0 Å². The lowest BCUT2D eigenvalue weighted by Gasteiger charge is -2.36. The molecule has 25 heavy (non-hydrogen) atoms. The summed E-state index contributed by atoms with van der Waals surface area (Å²) in [5.41, 5.74) is 5.17. The highest BCUT2D eigenvalue weighted by Gasteiger charge is 2.34. The van der Waals surface area contributed by atoms with E-state index in [9.17, 15) is 0 Å². The summed E-state index contributed by atoms with van der Waals surface area (Å²) >= 11 is 0. The zero-order valence-corrected chi connectivity index (χ0v) is 15.1. The first-order valence-electron chi connectivity index (χ1n) is 8.83. The minimum absolute atomic E-state index is 0.152. The van der Waals surface area contributed by atoms with Crippen LogP contribution in [0.2, 0.25) is 0 Å². The third kappa shape index (κ3) is 3.91. The normalized spacial score (nSPS) is 10.9. The van der Waals surface area contributed by atoms with Crippen molar-refractivity contribution in [2.75, 3.05) is 0 Å². The van der Waals surface area contributed by atoms with Gasteiger partial charge in [0.2, 0.25) is 0 Å². The van der Waals surface area contributed by atoms with Crippen molar-refractivity contribution >= 4 is 0 Å². The van der Waals surface area contributed by atoms with Gasteiger partial charge in [-0.3, -0.25) is 0 Å². The fourth-order valence-corrected chi connectivity index (χ4v) is 3.76. The van der Waals surface area contributed by atoms with E-state index in [2.05, 4.69) is 74.8 Å². The molecule has 0 aliphatic carbocycles. The van der Waals surface area contributed by atoms with Crippen molar-refractivity contribution < 1.29 is 0 Å². The molecule has 2 aromatic carbocycles. The minimum atomic E-state index is -0.152. The summed E-state index contributed by atoms with van der Waals surface area (Å²) in [7, 11) is 0. The largest absolute Gasteiger partial charge is 0.103 e. The first-order chi connectivity index (χ1) is 12.2. The van der Waals surface area contributed by atoms with E-state index in [0.29, 0.717) is 0 Å². The van der Waals surface area contributed by atoms with Gasteiger partial charge in [-0.05, 0) is 47.9 Å². The van der Waals surface area contributed by atoms with Crippen LogP contribution in [-0.2, 0) is 18.3 Å². The molecule has 0 fully saturated rings. The van der Waals surface area contributed by atoms with Gasteiger partial charge < -0.3 is 0 Å². The maximum absolute atomic E-state index is 4.04. The van der Waals surface area contributed by atoms with Crippen LogP contribution < -0.4 is 0 Å². The third-order valence-corrected chi connectivity index (χ3v) is 4.81. The van der Waals surface area contributed by atoms with Gasteiger partial charge in [0.15, 0.2) is 0 Å². The molecule has 0 nitrogen and oxygen atoms in total. The van der Waals surface area contributed by atoms with E-state index in [1.807, 2.05) is 24.3 Å². The molecule has 0 heterocycles. The molecule has 0 heteroatoms. The molecule has 0 unspecified atom stereocenters. The molecule has 2 rings (SSSR count). The van der Waals surface area contributed by atoms with Crippen LogP contribution >= 0.6 is 0 Å². The topological polar surface area (TPSA) is 0 Å². The van der Waals surface area contributed by atoms with Gasteiger partial charge in [-0.25, -0.2) is 0 Å². The van der Waals surface area contributed by atoms with Crippen LogP contribution in [0.15, 0.2) is 99.2 Å². The Hall–Kier alpha value is -2.60. The van der Waals surface area contributed by atoms with E-state index in [4.69, 9.17) is 0 Å². The van der Waals surface area contributed by atoms with Crippen molar-refractivity contribution in [2.45, 2.75) is 31.1 Å². The molecular formula is C25H28. The molecule has 128 valence electrons. The zero-order chi connectivity index (χ0) is 18.1. The van der Waals surface area contributed by atoms with Crippen LogP contribution in [-0.4, -0.2) is 0 Å². The Morgan fingerprint density at radius 3 is 1.88 bits per heavy atom. The number of hydrogen-bond acceptors (Lipinski definition) is 0. The van der Waals surface area contributed by atoms with E-state index < -0.39 is 0 Å². The highest BCUT2D eigenvalue weighted by molar-refractivity contribution is 5.49. The number of allylic oxidation sites excluding steroid dienone is 4. The Morgan fingerprint density at radius 2 is 1.32 bits per heavy atom. The fraction of sp³-hybridized carbons (Fsp3) is 0.200. The number of benzene rings is 2. The molecule has 0 radical (unpaired) electrons. The molecule has 0 bridgehead atoms. The first kappa shape index (κ1) is 18.7. The van der Waals surface area contributed by atoms with E-state index in [1.54, 1.807) is 0 Å². The summed E-state index contributed by atoms with van der Waals surface area (Å²) in [6.07, 6.45) is 11.4.